The minimum Gasteiger partial charge on any atom is -0.444 e. The molecule has 0 saturated carbocycles. The van der Waals surface area contributed by atoms with Crippen molar-refractivity contribution in [2.24, 2.45) is 10.7 Å². The number of ether oxygens (including phenoxy) is 2. The maximum atomic E-state index is 13.1. The third kappa shape index (κ3) is 6.00. The lowest BCUT2D eigenvalue weighted by molar-refractivity contribution is 0.149. The second-order valence-corrected chi connectivity index (χ2v) is 7.70. The van der Waals surface area contributed by atoms with E-state index in [-0.39, 0.29) is 19.0 Å². The highest BCUT2D eigenvalue weighted by molar-refractivity contribution is 6.15. The van der Waals surface area contributed by atoms with Gasteiger partial charge in [0.1, 0.15) is 19.0 Å². The lowest BCUT2D eigenvalue weighted by Crippen LogP contribution is -2.43. The minimum absolute atomic E-state index is 0.00845. The zero-order chi connectivity index (χ0) is 24.6. The topological polar surface area (TPSA) is 107 Å². The third-order valence-corrected chi connectivity index (χ3v) is 5.16. The highest BCUT2D eigenvalue weighted by atomic mass is 16.6. The van der Waals surface area contributed by atoms with Crippen LogP contribution in [-0.2, 0) is 22.7 Å². The highest BCUT2D eigenvalue weighted by Gasteiger charge is 2.24. The number of nitrogens with two attached hydrogens (primary N) is 1. The van der Waals surface area contributed by atoms with Gasteiger partial charge in [-0.15, -0.1) is 4.99 Å². The second kappa shape index (κ2) is 10.9. The molecule has 0 bridgehead atoms. The smallest absolute Gasteiger partial charge is 0.437 e. The van der Waals surface area contributed by atoms with E-state index in [1.165, 1.54) is 0 Å². The fourth-order valence-corrected chi connectivity index (χ4v) is 3.39. The fourth-order valence-electron chi connectivity index (χ4n) is 3.39. The van der Waals surface area contributed by atoms with Crippen LogP contribution < -0.4 is 10.6 Å². The molecule has 0 aliphatic carbocycles. The van der Waals surface area contributed by atoms with Crippen molar-refractivity contribution in [2.75, 3.05) is 4.90 Å². The van der Waals surface area contributed by atoms with Crippen LogP contribution in [0.4, 0.5) is 15.4 Å². The number of anilines is 1. The van der Waals surface area contributed by atoms with E-state index in [2.05, 4.69) is 9.98 Å². The summed E-state index contributed by atoms with van der Waals surface area (Å²) >= 11 is 0. The molecule has 0 aliphatic rings. The van der Waals surface area contributed by atoms with E-state index in [1.54, 1.807) is 6.07 Å². The monoisotopic (exact) mass is 468 g/mol. The molecule has 4 rings (SSSR count). The molecule has 0 unspecified atom stereocenters. The summed E-state index contributed by atoms with van der Waals surface area (Å²) in [7, 11) is 0. The van der Waals surface area contributed by atoms with Crippen LogP contribution in [0, 0.1) is 6.92 Å². The average molecular weight is 469 g/mol. The lowest BCUT2D eigenvalue weighted by Gasteiger charge is -2.20. The predicted molar refractivity (Wildman–Crippen MR) is 134 cm³/mol. The van der Waals surface area contributed by atoms with Crippen LogP contribution in [0.15, 0.2) is 96.0 Å². The summed E-state index contributed by atoms with van der Waals surface area (Å²) in [4.78, 5) is 34.7. The summed E-state index contributed by atoms with van der Waals surface area (Å²) in [5.41, 5.74) is 9.29. The van der Waals surface area contributed by atoms with Crippen LogP contribution in [0.5, 0.6) is 0 Å². The van der Waals surface area contributed by atoms with E-state index >= 15 is 0 Å². The van der Waals surface area contributed by atoms with Gasteiger partial charge in [0.2, 0.25) is 5.96 Å². The summed E-state index contributed by atoms with van der Waals surface area (Å²) in [6.45, 7) is 1.94. The second-order valence-electron chi connectivity index (χ2n) is 7.70. The lowest BCUT2D eigenvalue weighted by atomic mass is 10.1. The number of aromatic nitrogens is 1. The Morgan fingerprint density at radius 3 is 2.11 bits per heavy atom. The molecule has 1 aromatic heterocycles. The van der Waals surface area contributed by atoms with Gasteiger partial charge in [-0.25, -0.2) is 14.6 Å². The molecule has 8 nitrogen and oxygen atoms in total. The van der Waals surface area contributed by atoms with Crippen LogP contribution >= 0.6 is 0 Å². The number of nitrogens with zero attached hydrogens (tertiary/aromatic N) is 3. The van der Waals surface area contributed by atoms with Gasteiger partial charge in [0.15, 0.2) is 0 Å². The standard InChI is InChI=1S/C27H24N4O4/c1-19-9-8-14-22-15-16-23(29-24(19)22)31(27(33)35-18-21-12-6-3-7-13-21)25(28)30-26(32)34-17-20-10-4-2-5-11-20/h2-16H,17-18H2,1H3,(H2,28,30,32). The number of fused-ring (bicyclic) bond motifs is 1. The number of rotatable bonds is 5. The zero-order valence-electron chi connectivity index (χ0n) is 19.1. The van der Waals surface area contributed by atoms with E-state index in [4.69, 9.17) is 15.2 Å². The van der Waals surface area contributed by atoms with E-state index in [0.29, 0.717) is 5.52 Å². The Kier molecular flexibility index (Phi) is 7.32. The van der Waals surface area contributed by atoms with Gasteiger partial charge >= 0.3 is 12.2 Å². The molecule has 0 saturated heterocycles. The number of aryl methyl sites for hydroxylation is 1. The van der Waals surface area contributed by atoms with Crippen molar-refractivity contribution in [3.8, 4) is 0 Å². The number of hydrogen-bond donors (Lipinski definition) is 1. The maximum Gasteiger partial charge on any atom is 0.437 e. The Balaban J connectivity index is 1.59. The number of carbonyl (C=O) groups is 2. The van der Waals surface area contributed by atoms with Gasteiger partial charge in [-0.1, -0.05) is 78.9 Å². The van der Waals surface area contributed by atoms with Crippen LogP contribution in [0.2, 0.25) is 0 Å². The first kappa shape index (κ1) is 23.4. The first-order chi connectivity index (χ1) is 17.0. The van der Waals surface area contributed by atoms with Gasteiger partial charge in [-0.2, -0.15) is 4.90 Å². The molecule has 2 N–H and O–H groups in total. The number of benzene rings is 3. The first-order valence-electron chi connectivity index (χ1n) is 10.9. The summed E-state index contributed by atoms with van der Waals surface area (Å²) in [6.07, 6.45) is -1.77. The average Bonchev–Trinajstić information content (AvgIpc) is 2.88. The van der Waals surface area contributed by atoms with Crippen molar-refractivity contribution in [1.82, 2.24) is 4.98 Å². The number of aliphatic imine (C=N–C) groups is 1. The summed E-state index contributed by atoms with van der Waals surface area (Å²) < 4.78 is 10.6. The molecule has 1 heterocycles. The molecule has 0 atom stereocenters. The summed E-state index contributed by atoms with van der Waals surface area (Å²) in [6, 6.07) is 27.5. The molecule has 0 fully saturated rings. The number of hydrogen-bond acceptors (Lipinski definition) is 5. The van der Waals surface area contributed by atoms with Crippen LogP contribution in [-0.4, -0.2) is 23.1 Å². The quantitative estimate of drug-likeness (QED) is 0.313. The van der Waals surface area contributed by atoms with E-state index in [9.17, 15) is 9.59 Å². The van der Waals surface area contributed by atoms with E-state index in [0.717, 1.165) is 27.0 Å². The molecule has 2 amide bonds. The van der Waals surface area contributed by atoms with Crippen molar-refractivity contribution in [3.63, 3.8) is 0 Å². The van der Waals surface area contributed by atoms with Crippen molar-refractivity contribution in [2.45, 2.75) is 20.1 Å². The van der Waals surface area contributed by atoms with Gasteiger partial charge in [0.25, 0.3) is 0 Å². The summed E-state index contributed by atoms with van der Waals surface area (Å²) in [5, 5.41) is 0.893. The van der Waals surface area contributed by atoms with Crippen LogP contribution in [0.3, 0.4) is 0 Å². The number of para-hydroxylation sites is 1. The predicted octanol–water partition coefficient (Wildman–Crippen LogP) is 5.34. The minimum atomic E-state index is -0.941. The van der Waals surface area contributed by atoms with Gasteiger partial charge < -0.3 is 15.2 Å². The number of amides is 2. The van der Waals surface area contributed by atoms with Crippen LogP contribution in [0.1, 0.15) is 16.7 Å². The van der Waals surface area contributed by atoms with Crippen LogP contribution in [0.25, 0.3) is 10.9 Å². The van der Waals surface area contributed by atoms with Gasteiger partial charge in [-0.3, -0.25) is 0 Å². The Morgan fingerprint density at radius 2 is 1.46 bits per heavy atom. The molecular formula is C27H24N4O4. The molecule has 0 aliphatic heterocycles. The molecular weight excluding hydrogens is 444 g/mol. The van der Waals surface area contributed by atoms with Crippen molar-refractivity contribution < 1.29 is 19.1 Å². The molecule has 8 heteroatoms. The molecule has 4 aromatic rings. The zero-order valence-corrected chi connectivity index (χ0v) is 19.1. The number of pyridine rings is 1. The van der Waals surface area contributed by atoms with Gasteiger partial charge in [0, 0.05) is 5.39 Å². The molecule has 176 valence electrons. The maximum absolute atomic E-state index is 13.1. The van der Waals surface area contributed by atoms with E-state index < -0.39 is 18.1 Å². The molecule has 0 spiro atoms. The fraction of sp³-hybridized carbons (Fsp3) is 0.111. The van der Waals surface area contributed by atoms with Crippen molar-refractivity contribution in [1.29, 1.82) is 0 Å². The number of carbonyl (C=O) groups excluding carboxylic acids is 2. The Morgan fingerprint density at radius 1 is 0.829 bits per heavy atom. The van der Waals surface area contributed by atoms with Gasteiger partial charge in [0.05, 0.1) is 5.52 Å². The Hall–Kier alpha value is -4.72. The first-order valence-corrected chi connectivity index (χ1v) is 10.9. The Bertz CT molecular complexity index is 1360. The SMILES string of the molecule is Cc1cccc2ccc(N(C(=O)OCc3ccccc3)/C(N)=N\C(=O)OCc3ccccc3)nc12. The van der Waals surface area contributed by atoms with E-state index in [1.807, 2.05) is 91.9 Å². The highest BCUT2D eigenvalue weighted by Crippen LogP contribution is 2.22. The number of guanidine groups is 1. The molecule has 35 heavy (non-hydrogen) atoms. The largest absolute Gasteiger partial charge is 0.444 e. The van der Waals surface area contributed by atoms with Crippen molar-refractivity contribution >= 4 is 34.9 Å². The Labute approximate surface area is 202 Å². The third-order valence-electron chi connectivity index (χ3n) is 5.16. The molecule has 3 aromatic carbocycles. The normalized spacial score (nSPS) is 11.2. The molecule has 0 radical (unpaired) electrons. The van der Waals surface area contributed by atoms with Crippen molar-refractivity contribution in [3.05, 3.63) is 108 Å². The van der Waals surface area contributed by atoms with Gasteiger partial charge in [-0.05, 0) is 35.7 Å². The summed E-state index contributed by atoms with van der Waals surface area (Å²) in [5.74, 6) is -0.247.